The number of halogens is 1. The molecule has 0 aromatic heterocycles. The van der Waals surface area contributed by atoms with Gasteiger partial charge in [0.05, 0.1) is 11.3 Å². The summed E-state index contributed by atoms with van der Waals surface area (Å²) in [5, 5.41) is 13.7. The molecule has 2 N–H and O–H groups in total. The highest BCUT2D eigenvalue weighted by Crippen LogP contribution is 2.35. The van der Waals surface area contributed by atoms with Gasteiger partial charge in [-0.2, -0.15) is 0 Å². The largest absolute Gasteiger partial charge is 0.508 e. The molecule has 2 aromatic rings. The number of fused-ring (bicyclic) bond motifs is 1. The normalized spacial score (nSPS) is 17.1. The van der Waals surface area contributed by atoms with Crippen molar-refractivity contribution in [3.8, 4) is 5.75 Å². The average Bonchev–Trinajstić information content (AvgIpc) is 2.49. The van der Waals surface area contributed by atoms with Crippen LogP contribution in [-0.2, 0) is 0 Å². The van der Waals surface area contributed by atoms with E-state index in [1.165, 1.54) is 0 Å². The Bertz CT molecular complexity index is 718. The number of anilines is 1. The predicted octanol–water partition coefficient (Wildman–Crippen LogP) is 4.02. The molecule has 4 nitrogen and oxygen atoms in total. The van der Waals surface area contributed by atoms with Crippen LogP contribution in [-0.4, -0.2) is 22.5 Å². The monoisotopic (exact) mass is 316 g/mol. The van der Waals surface area contributed by atoms with Gasteiger partial charge in [-0.25, -0.2) is 0 Å². The van der Waals surface area contributed by atoms with Crippen molar-refractivity contribution in [2.45, 2.75) is 19.5 Å². The minimum atomic E-state index is -0.314. The predicted molar refractivity (Wildman–Crippen MR) is 87.3 cm³/mol. The molecule has 0 bridgehead atoms. The summed E-state index contributed by atoms with van der Waals surface area (Å²) < 4.78 is 0. The maximum atomic E-state index is 12.8. The second kappa shape index (κ2) is 5.89. The van der Waals surface area contributed by atoms with Gasteiger partial charge in [0.15, 0.2) is 0 Å². The number of amides is 1. The molecule has 1 aliphatic rings. The number of benzene rings is 2. The molecule has 3 rings (SSSR count). The van der Waals surface area contributed by atoms with Crippen LogP contribution in [0.2, 0.25) is 5.02 Å². The first-order chi connectivity index (χ1) is 10.6. The van der Waals surface area contributed by atoms with E-state index in [9.17, 15) is 9.90 Å². The first-order valence-electron chi connectivity index (χ1n) is 7.26. The first kappa shape index (κ1) is 14.7. The van der Waals surface area contributed by atoms with Crippen molar-refractivity contribution >= 4 is 23.2 Å². The fourth-order valence-electron chi connectivity index (χ4n) is 2.75. The van der Waals surface area contributed by atoms with Gasteiger partial charge in [-0.05, 0) is 42.3 Å². The van der Waals surface area contributed by atoms with E-state index >= 15 is 0 Å². The zero-order chi connectivity index (χ0) is 15.7. The van der Waals surface area contributed by atoms with Gasteiger partial charge < -0.3 is 15.3 Å². The summed E-state index contributed by atoms with van der Waals surface area (Å²) in [5.74, 6) is 0.153. The van der Waals surface area contributed by atoms with Crippen LogP contribution in [0.15, 0.2) is 42.5 Å². The highest BCUT2D eigenvalue weighted by atomic mass is 35.5. The second-order valence-electron chi connectivity index (χ2n) is 5.33. The first-order valence-corrected chi connectivity index (χ1v) is 7.64. The molecule has 22 heavy (non-hydrogen) atoms. The van der Waals surface area contributed by atoms with Crippen molar-refractivity contribution in [3.63, 3.8) is 0 Å². The maximum Gasteiger partial charge on any atom is 0.257 e. The summed E-state index contributed by atoms with van der Waals surface area (Å²) in [6.45, 7) is 2.67. The molecule has 0 aliphatic carbocycles. The van der Waals surface area contributed by atoms with Gasteiger partial charge in [0.2, 0.25) is 0 Å². The maximum absolute atomic E-state index is 12.8. The molecule has 0 fully saturated rings. The average molecular weight is 317 g/mol. The fraction of sp³-hybridized carbons (Fsp3) is 0.235. The molecule has 0 radical (unpaired) electrons. The zero-order valence-corrected chi connectivity index (χ0v) is 13.0. The number of hydrogen-bond acceptors (Lipinski definition) is 3. The highest BCUT2D eigenvalue weighted by Gasteiger charge is 2.32. The zero-order valence-electron chi connectivity index (χ0n) is 12.2. The van der Waals surface area contributed by atoms with E-state index in [1.807, 2.05) is 13.0 Å². The highest BCUT2D eigenvalue weighted by molar-refractivity contribution is 6.31. The van der Waals surface area contributed by atoms with Gasteiger partial charge >= 0.3 is 0 Å². The Balaban J connectivity index is 2.06. The minimum Gasteiger partial charge on any atom is -0.508 e. The Morgan fingerprint density at radius 3 is 2.82 bits per heavy atom. The minimum absolute atomic E-state index is 0.0272. The van der Waals surface area contributed by atoms with Gasteiger partial charge in [-0.15, -0.1) is 0 Å². The third kappa shape index (κ3) is 2.62. The molecule has 1 atom stereocenters. The lowest BCUT2D eigenvalue weighted by molar-refractivity contribution is 0.0683. The topological polar surface area (TPSA) is 52.6 Å². The number of phenols is 1. The summed E-state index contributed by atoms with van der Waals surface area (Å²) in [7, 11) is 0. The van der Waals surface area contributed by atoms with Gasteiger partial charge in [-0.1, -0.05) is 30.7 Å². The van der Waals surface area contributed by atoms with E-state index in [1.54, 1.807) is 41.3 Å². The standard InChI is InChI=1S/C17H17ClN2O2/c1-2-8-20-16(11-4-3-5-13(21)9-11)19-15-10-12(18)6-7-14(15)17(20)22/h3-7,9-10,16,19,21H,2,8H2,1H3/t16-/m1/s1. The number of nitrogens with zero attached hydrogens (tertiary/aromatic N) is 1. The summed E-state index contributed by atoms with van der Waals surface area (Å²) in [6, 6.07) is 12.2. The Morgan fingerprint density at radius 2 is 2.09 bits per heavy atom. The quantitative estimate of drug-likeness (QED) is 0.899. The molecule has 0 saturated heterocycles. The van der Waals surface area contributed by atoms with Gasteiger partial charge in [0, 0.05) is 11.6 Å². The third-order valence-corrected chi connectivity index (χ3v) is 3.96. The number of aromatic hydroxyl groups is 1. The lowest BCUT2D eigenvalue weighted by atomic mass is 10.0. The van der Waals surface area contributed by atoms with Crippen molar-refractivity contribution in [2.75, 3.05) is 11.9 Å². The van der Waals surface area contributed by atoms with E-state index in [0.717, 1.165) is 17.7 Å². The molecular weight excluding hydrogens is 300 g/mol. The molecular formula is C17H17ClN2O2. The van der Waals surface area contributed by atoms with E-state index < -0.39 is 0 Å². The van der Waals surface area contributed by atoms with Crippen LogP contribution in [0.25, 0.3) is 0 Å². The van der Waals surface area contributed by atoms with E-state index in [2.05, 4.69) is 5.32 Å². The Hall–Kier alpha value is -2.20. The summed E-state index contributed by atoms with van der Waals surface area (Å²) in [5.41, 5.74) is 2.18. The number of carbonyl (C=O) groups excluding carboxylic acids is 1. The summed E-state index contributed by atoms with van der Waals surface area (Å²) >= 11 is 6.04. The van der Waals surface area contributed by atoms with Crippen LogP contribution in [0.1, 0.15) is 35.4 Å². The van der Waals surface area contributed by atoms with Crippen LogP contribution < -0.4 is 5.32 Å². The van der Waals surface area contributed by atoms with Crippen LogP contribution >= 0.6 is 11.6 Å². The molecule has 0 spiro atoms. The van der Waals surface area contributed by atoms with Crippen LogP contribution in [0.5, 0.6) is 5.75 Å². The van der Waals surface area contributed by atoms with Crippen LogP contribution in [0, 0.1) is 0 Å². The Kier molecular flexibility index (Phi) is 3.94. The van der Waals surface area contributed by atoms with Gasteiger partial charge in [0.1, 0.15) is 11.9 Å². The van der Waals surface area contributed by atoms with Crippen molar-refractivity contribution in [1.82, 2.24) is 4.90 Å². The van der Waals surface area contributed by atoms with Crippen LogP contribution in [0.4, 0.5) is 5.69 Å². The van der Waals surface area contributed by atoms with Gasteiger partial charge in [-0.3, -0.25) is 4.79 Å². The number of phenolic OH excluding ortho intramolecular Hbond substituents is 1. The van der Waals surface area contributed by atoms with Crippen molar-refractivity contribution in [2.24, 2.45) is 0 Å². The molecule has 2 aromatic carbocycles. The lowest BCUT2D eigenvalue weighted by Gasteiger charge is -2.38. The number of hydrogen-bond donors (Lipinski definition) is 2. The van der Waals surface area contributed by atoms with E-state index in [4.69, 9.17) is 11.6 Å². The van der Waals surface area contributed by atoms with Crippen molar-refractivity contribution in [3.05, 3.63) is 58.6 Å². The van der Waals surface area contributed by atoms with E-state index in [-0.39, 0.29) is 17.8 Å². The van der Waals surface area contributed by atoms with E-state index in [0.29, 0.717) is 17.1 Å². The number of carbonyl (C=O) groups is 1. The van der Waals surface area contributed by atoms with Crippen molar-refractivity contribution < 1.29 is 9.90 Å². The molecule has 1 amide bonds. The summed E-state index contributed by atoms with van der Waals surface area (Å²) in [4.78, 5) is 14.5. The van der Waals surface area contributed by atoms with Crippen LogP contribution in [0.3, 0.4) is 0 Å². The second-order valence-corrected chi connectivity index (χ2v) is 5.77. The summed E-state index contributed by atoms with van der Waals surface area (Å²) in [6.07, 6.45) is 0.538. The third-order valence-electron chi connectivity index (χ3n) is 3.73. The number of rotatable bonds is 3. The molecule has 0 saturated carbocycles. The molecule has 0 unspecified atom stereocenters. The Labute approximate surface area is 134 Å². The lowest BCUT2D eigenvalue weighted by Crippen LogP contribution is -2.43. The smallest absolute Gasteiger partial charge is 0.257 e. The Morgan fingerprint density at radius 1 is 1.27 bits per heavy atom. The SMILES string of the molecule is CCCN1C(=O)c2ccc(Cl)cc2N[C@H]1c1cccc(O)c1. The van der Waals surface area contributed by atoms with Gasteiger partial charge in [0.25, 0.3) is 5.91 Å². The fourth-order valence-corrected chi connectivity index (χ4v) is 2.92. The molecule has 1 aliphatic heterocycles. The molecule has 114 valence electrons. The molecule has 1 heterocycles. The molecule has 5 heteroatoms. The number of nitrogens with one attached hydrogen (secondary N) is 1. The van der Waals surface area contributed by atoms with Crippen molar-refractivity contribution in [1.29, 1.82) is 0 Å².